The van der Waals surface area contributed by atoms with E-state index >= 15 is 0 Å². The molecule has 0 radical (unpaired) electrons. The van der Waals surface area contributed by atoms with Crippen LogP contribution in [0.25, 0.3) is 0 Å². The van der Waals surface area contributed by atoms with Crippen molar-refractivity contribution < 1.29 is 38.4 Å². The van der Waals surface area contributed by atoms with Gasteiger partial charge in [-0.15, -0.1) is 0 Å². The van der Waals surface area contributed by atoms with Gasteiger partial charge in [0.25, 0.3) is 0 Å². The van der Waals surface area contributed by atoms with Crippen molar-refractivity contribution in [2.75, 3.05) is 0 Å². The van der Waals surface area contributed by atoms with E-state index in [0.29, 0.717) is 5.56 Å². The topological polar surface area (TPSA) is 108 Å². The van der Waals surface area contributed by atoms with Gasteiger partial charge in [-0.05, 0) is 31.5 Å². The van der Waals surface area contributed by atoms with E-state index < -0.39 is 42.6 Å². The number of hydrogen-bond donors (Lipinski definition) is 1. The van der Waals surface area contributed by atoms with Gasteiger partial charge < -0.3 is 28.8 Å². The molecule has 1 aliphatic heterocycles. The molecule has 8 nitrogen and oxygen atoms in total. The number of aliphatic hydroxyl groups is 1. The van der Waals surface area contributed by atoms with E-state index in [1.54, 1.807) is 37.3 Å². The predicted molar refractivity (Wildman–Crippen MR) is 117 cm³/mol. The molecule has 0 spiro atoms. The van der Waals surface area contributed by atoms with Crippen LogP contribution in [-0.4, -0.2) is 53.5 Å². The average Bonchev–Trinajstić information content (AvgIpc) is 2.82. The molecule has 33 heavy (non-hydrogen) atoms. The standard InChI is InChI=1S/C25H28O8/c1-16(26)13-14-20(27)32-23-21(28)22(33-24(29)19-11-7-4-8-12-19)17(2)31-25(23)30-15-18-9-5-3-6-10-18/h3-12,17,21-23,25,28H,13-15H2,1-2H3/t17-,21+,22-,23+,25+/m0/s1. The Bertz CT molecular complexity index is 930. The van der Waals surface area contributed by atoms with Crippen molar-refractivity contribution in [1.82, 2.24) is 0 Å². The van der Waals surface area contributed by atoms with Crippen LogP contribution in [-0.2, 0) is 35.1 Å². The monoisotopic (exact) mass is 456 g/mol. The van der Waals surface area contributed by atoms with E-state index in [-0.39, 0.29) is 25.2 Å². The molecule has 1 fully saturated rings. The van der Waals surface area contributed by atoms with Crippen LogP contribution in [0.15, 0.2) is 60.7 Å². The highest BCUT2D eigenvalue weighted by Crippen LogP contribution is 2.28. The molecular formula is C25H28O8. The number of benzene rings is 2. The van der Waals surface area contributed by atoms with Crippen molar-refractivity contribution >= 4 is 17.7 Å². The van der Waals surface area contributed by atoms with E-state index in [4.69, 9.17) is 18.9 Å². The van der Waals surface area contributed by atoms with Crippen molar-refractivity contribution in [3.05, 3.63) is 71.8 Å². The van der Waals surface area contributed by atoms with Crippen molar-refractivity contribution in [3.8, 4) is 0 Å². The molecule has 8 heteroatoms. The van der Waals surface area contributed by atoms with Crippen LogP contribution >= 0.6 is 0 Å². The van der Waals surface area contributed by atoms with Gasteiger partial charge in [0.2, 0.25) is 0 Å². The van der Waals surface area contributed by atoms with Gasteiger partial charge in [-0.3, -0.25) is 4.79 Å². The first-order valence-corrected chi connectivity index (χ1v) is 10.8. The van der Waals surface area contributed by atoms with Crippen LogP contribution in [0.1, 0.15) is 42.6 Å². The SMILES string of the molecule is CC(=O)CCC(=O)O[C@H]1[C@H](OCc2ccccc2)O[C@@H](C)[C@H](OC(=O)c2ccccc2)[C@H]1O. The first-order valence-electron chi connectivity index (χ1n) is 10.8. The summed E-state index contributed by atoms with van der Waals surface area (Å²) in [5.41, 5.74) is 1.18. The number of hydrogen-bond acceptors (Lipinski definition) is 8. The summed E-state index contributed by atoms with van der Waals surface area (Å²) in [4.78, 5) is 36.1. The number of esters is 2. The van der Waals surface area contributed by atoms with Crippen molar-refractivity contribution in [2.45, 2.75) is 64.0 Å². The number of ketones is 1. The molecule has 176 valence electrons. The van der Waals surface area contributed by atoms with Crippen molar-refractivity contribution in [3.63, 3.8) is 0 Å². The molecule has 5 atom stereocenters. The van der Waals surface area contributed by atoms with Crippen molar-refractivity contribution in [2.24, 2.45) is 0 Å². The summed E-state index contributed by atoms with van der Waals surface area (Å²) in [6.07, 6.45) is -5.71. The maximum Gasteiger partial charge on any atom is 0.338 e. The lowest BCUT2D eigenvalue weighted by Crippen LogP contribution is -2.60. The number of carbonyl (C=O) groups excluding carboxylic acids is 3. The van der Waals surface area contributed by atoms with Gasteiger partial charge >= 0.3 is 11.9 Å². The smallest absolute Gasteiger partial charge is 0.338 e. The Kier molecular flexibility index (Phi) is 8.71. The summed E-state index contributed by atoms with van der Waals surface area (Å²) < 4.78 is 22.6. The minimum absolute atomic E-state index is 0.0148. The van der Waals surface area contributed by atoms with Crippen LogP contribution in [0, 0.1) is 0 Å². The predicted octanol–water partition coefficient (Wildman–Crippen LogP) is 2.82. The minimum atomic E-state index is -1.40. The van der Waals surface area contributed by atoms with Crippen LogP contribution in [0.2, 0.25) is 0 Å². The molecule has 0 amide bonds. The quantitative estimate of drug-likeness (QED) is 0.574. The summed E-state index contributed by atoms with van der Waals surface area (Å²) in [5, 5.41) is 11.0. The van der Waals surface area contributed by atoms with Gasteiger partial charge in [0.1, 0.15) is 11.9 Å². The molecule has 0 unspecified atom stereocenters. The van der Waals surface area contributed by atoms with E-state index in [2.05, 4.69) is 0 Å². The van der Waals surface area contributed by atoms with Gasteiger partial charge in [0.15, 0.2) is 18.5 Å². The third-order valence-electron chi connectivity index (χ3n) is 5.21. The third-order valence-corrected chi connectivity index (χ3v) is 5.21. The molecule has 1 heterocycles. The maximum absolute atomic E-state index is 12.5. The van der Waals surface area contributed by atoms with E-state index in [9.17, 15) is 19.5 Å². The largest absolute Gasteiger partial charge is 0.454 e. The summed E-state index contributed by atoms with van der Waals surface area (Å²) in [6.45, 7) is 3.16. The fraction of sp³-hybridized carbons (Fsp3) is 0.400. The molecule has 0 aliphatic carbocycles. The number of Topliss-reactive ketones (excluding diaryl/α,β-unsaturated/α-hetero) is 1. The molecule has 0 aromatic heterocycles. The lowest BCUT2D eigenvalue weighted by atomic mass is 9.99. The first kappa shape index (κ1) is 24.6. The van der Waals surface area contributed by atoms with Gasteiger partial charge in [-0.1, -0.05) is 48.5 Å². The van der Waals surface area contributed by atoms with Gasteiger partial charge in [0, 0.05) is 6.42 Å². The Balaban J connectivity index is 1.73. The number of ether oxygens (including phenoxy) is 4. The average molecular weight is 456 g/mol. The molecule has 3 rings (SSSR count). The fourth-order valence-corrected chi connectivity index (χ4v) is 3.42. The zero-order chi connectivity index (χ0) is 23.8. The molecular weight excluding hydrogens is 428 g/mol. The Morgan fingerprint density at radius 3 is 2.18 bits per heavy atom. The summed E-state index contributed by atoms with van der Waals surface area (Å²) in [6, 6.07) is 17.7. The zero-order valence-corrected chi connectivity index (χ0v) is 18.6. The highest BCUT2D eigenvalue weighted by molar-refractivity contribution is 5.89. The molecule has 0 saturated carbocycles. The normalized spacial score (nSPS) is 24.6. The van der Waals surface area contributed by atoms with Gasteiger partial charge in [0.05, 0.1) is 24.7 Å². The summed E-state index contributed by atoms with van der Waals surface area (Å²) in [7, 11) is 0. The van der Waals surface area contributed by atoms with Crippen LogP contribution < -0.4 is 0 Å². The molecule has 2 aromatic carbocycles. The second kappa shape index (κ2) is 11.7. The molecule has 1 N–H and O–H groups in total. The second-order valence-corrected chi connectivity index (χ2v) is 7.89. The lowest BCUT2D eigenvalue weighted by molar-refractivity contribution is -0.299. The summed E-state index contributed by atoms with van der Waals surface area (Å²) >= 11 is 0. The second-order valence-electron chi connectivity index (χ2n) is 7.89. The number of carbonyl (C=O) groups is 3. The number of rotatable bonds is 9. The zero-order valence-electron chi connectivity index (χ0n) is 18.6. The Morgan fingerprint density at radius 2 is 1.55 bits per heavy atom. The fourth-order valence-electron chi connectivity index (χ4n) is 3.42. The minimum Gasteiger partial charge on any atom is -0.454 e. The third kappa shape index (κ3) is 6.95. The van der Waals surface area contributed by atoms with Crippen LogP contribution in [0.3, 0.4) is 0 Å². The lowest BCUT2D eigenvalue weighted by Gasteiger charge is -2.42. The number of aliphatic hydroxyl groups excluding tert-OH is 1. The Hall–Kier alpha value is -3.07. The summed E-state index contributed by atoms with van der Waals surface area (Å²) in [5.74, 6) is -1.48. The van der Waals surface area contributed by atoms with Crippen LogP contribution in [0.4, 0.5) is 0 Å². The molecule has 1 saturated heterocycles. The van der Waals surface area contributed by atoms with E-state index in [1.165, 1.54) is 6.92 Å². The highest BCUT2D eigenvalue weighted by atomic mass is 16.7. The molecule has 1 aliphatic rings. The van der Waals surface area contributed by atoms with Crippen molar-refractivity contribution in [1.29, 1.82) is 0 Å². The maximum atomic E-state index is 12.5. The highest BCUT2D eigenvalue weighted by Gasteiger charge is 2.48. The Morgan fingerprint density at radius 1 is 0.909 bits per heavy atom. The van der Waals surface area contributed by atoms with Crippen LogP contribution in [0.5, 0.6) is 0 Å². The van der Waals surface area contributed by atoms with Gasteiger partial charge in [-0.2, -0.15) is 0 Å². The first-order chi connectivity index (χ1) is 15.8. The van der Waals surface area contributed by atoms with E-state index in [1.807, 2.05) is 30.3 Å². The Labute approximate surface area is 192 Å². The molecule has 2 aromatic rings. The van der Waals surface area contributed by atoms with E-state index in [0.717, 1.165) is 5.56 Å². The van der Waals surface area contributed by atoms with Gasteiger partial charge in [-0.25, -0.2) is 4.79 Å². The molecule has 0 bridgehead atoms.